The third kappa shape index (κ3) is 4.32. The fourth-order valence-electron chi connectivity index (χ4n) is 2.07. The molecule has 0 saturated carbocycles. The van der Waals surface area contributed by atoms with Gasteiger partial charge in [-0.1, -0.05) is 19.1 Å². The molecule has 0 aliphatic heterocycles. The normalized spacial score (nSPS) is 12.5. The van der Waals surface area contributed by atoms with Crippen LogP contribution in [0.4, 0.5) is 5.69 Å². The molecule has 1 unspecified atom stereocenters. The number of benzene rings is 1. The van der Waals surface area contributed by atoms with Crippen LogP contribution in [0.2, 0.25) is 0 Å². The summed E-state index contributed by atoms with van der Waals surface area (Å²) in [6.45, 7) is 5.36. The van der Waals surface area contributed by atoms with E-state index in [1.807, 2.05) is 29.7 Å². The van der Waals surface area contributed by atoms with Crippen LogP contribution in [0.1, 0.15) is 41.8 Å². The lowest BCUT2D eigenvalue weighted by Crippen LogP contribution is -2.20. The van der Waals surface area contributed by atoms with Gasteiger partial charge in [-0.05, 0) is 50.4 Å². The number of anilines is 1. The standard InChI is InChI=1S/C16H23N3S/c1-3-15-11-19-16(20-15)12(2)18-10-4-5-13-6-8-14(17)9-7-13/h6-9,11-12,18H,3-5,10,17H2,1-2H3. The Morgan fingerprint density at radius 2 is 2.05 bits per heavy atom. The summed E-state index contributed by atoms with van der Waals surface area (Å²) in [6, 6.07) is 8.48. The van der Waals surface area contributed by atoms with Crippen molar-refractivity contribution in [3.8, 4) is 0 Å². The first-order valence-electron chi connectivity index (χ1n) is 7.21. The van der Waals surface area contributed by atoms with Gasteiger partial charge in [-0.2, -0.15) is 0 Å². The van der Waals surface area contributed by atoms with Crippen LogP contribution in [0.15, 0.2) is 30.5 Å². The molecule has 1 aromatic carbocycles. The van der Waals surface area contributed by atoms with Crippen LogP contribution in [0.5, 0.6) is 0 Å². The average molecular weight is 289 g/mol. The van der Waals surface area contributed by atoms with Gasteiger partial charge in [0, 0.05) is 16.8 Å². The summed E-state index contributed by atoms with van der Waals surface area (Å²) in [6.07, 6.45) is 5.27. The third-order valence-corrected chi connectivity index (χ3v) is 4.69. The van der Waals surface area contributed by atoms with E-state index in [2.05, 4.69) is 36.3 Å². The summed E-state index contributed by atoms with van der Waals surface area (Å²) in [5, 5.41) is 4.73. The number of nitrogens with zero attached hydrogens (tertiary/aromatic N) is 1. The second kappa shape index (κ2) is 7.41. The van der Waals surface area contributed by atoms with Gasteiger partial charge in [0.2, 0.25) is 0 Å². The van der Waals surface area contributed by atoms with E-state index in [9.17, 15) is 0 Å². The maximum atomic E-state index is 5.68. The van der Waals surface area contributed by atoms with Crippen molar-refractivity contribution in [2.75, 3.05) is 12.3 Å². The highest BCUT2D eigenvalue weighted by Gasteiger charge is 2.08. The molecule has 0 saturated heterocycles. The number of thiazole rings is 1. The van der Waals surface area contributed by atoms with Gasteiger partial charge < -0.3 is 11.1 Å². The zero-order valence-corrected chi connectivity index (χ0v) is 13.0. The molecule has 1 aromatic heterocycles. The molecule has 2 aromatic rings. The topological polar surface area (TPSA) is 50.9 Å². The summed E-state index contributed by atoms with van der Waals surface area (Å²) in [4.78, 5) is 5.83. The molecule has 2 rings (SSSR count). The van der Waals surface area contributed by atoms with Crippen LogP contribution < -0.4 is 11.1 Å². The summed E-state index contributed by atoms with van der Waals surface area (Å²) < 4.78 is 0. The van der Waals surface area contributed by atoms with E-state index in [-0.39, 0.29) is 0 Å². The Bertz CT molecular complexity index is 519. The Balaban J connectivity index is 1.71. The largest absolute Gasteiger partial charge is 0.399 e. The molecule has 0 radical (unpaired) electrons. The lowest BCUT2D eigenvalue weighted by molar-refractivity contribution is 0.556. The van der Waals surface area contributed by atoms with Crippen molar-refractivity contribution in [2.24, 2.45) is 0 Å². The summed E-state index contributed by atoms with van der Waals surface area (Å²) in [5.74, 6) is 0. The number of hydrogen-bond donors (Lipinski definition) is 2. The minimum atomic E-state index is 0.340. The monoisotopic (exact) mass is 289 g/mol. The minimum Gasteiger partial charge on any atom is -0.399 e. The molecule has 4 heteroatoms. The highest BCUT2D eigenvalue weighted by molar-refractivity contribution is 7.11. The number of aryl methyl sites for hydroxylation is 2. The molecule has 3 N–H and O–H groups in total. The number of nitrogens with one attached hydrogen (secondary N) is 1. The van der Waals surface area contributed by atoms with Crippen LogP contribution in [0.3, 0.4) is 0 Å². The third-order valence-electron chi connectivity index (χ3n) is 3.36. The van der Waals surface area contributed by atoms with Gasteiger partial charge in [0.05, 0.1) is 6.04 Å². The maximum absolute atomic E-state index is 5.68. The SMILES string of the molecule is CCc1cnc(C(C)NCCCc2ccc(N)cc2)s1. The van der Waals surface area contributed by atoms with Gasteiger partial charge in [-0.15, -0.1) is 11.3 Å². The number of hydrogen-bond acceptors (Lipinski definition) is 4. The molecular weight excluding hydrogens is 266 g/mol. The molecule has 108 valence electrons. The van der Waals surface area contributed by atoms with E-state index >= 15 is 0 Å². The van der Waals surface area contributed by atoms with Crippen LogP contribution in [0, 0.1) is 0 Å². The molecule has 0 aliphatic carbocycles. The van der Waals surface area contributed by atoms with Gasteiger partial charge in [0.15, 0.2) is 0 Å². The fraction of sp³-hybridized carbons (Fsp3) is 0.438. The molecule has 0 spiro atoms. The summed E-state index contributed by atoms with van der Waals surface area (Å²) in [5.41, 5.74) is 7.85. The van der Waals surface area contributed by atoms with Crippen molar-refractivity contribution in [2.45, 2.75) is 39.2 Å². The fourth-order valence-corrected chi connectivity index (χ4v) is 2.95. The first kappa shape index (κ1) is 15.0. The summed E-state index contributed by atoms with van der Waals surface area (Å²) in [7, 11) is 0. The lowest BCUT2D eigenvalue weighted by atomic mass is 10.1. The van der Waals surface area contributed by atoms with Crippen LogP contribution in [-0.2, 0) is 12.8 Å². The second-order valence-corrected chi connectivity index (χ2v) is 6.19. The predicted molar refractivity (Wildman–Crippen MR) is 87.1 cm³/mol. The van der Waals surface area contributed by atoms with Crippen molar-refractivity contribution >= 4 is 17.0 Å². The predicted octanol–water partition coefficient (Wildman–Crippen LogP) is 3.57. The second-order valence-electron chi connectivity index (χ2n) is 5.04. The number of nitrogens with two attached hydrogens (primary N) is 1. The first-order chi connectivity index (χ1) is 9.69. The highest BCUT2D eigenvalue weighted by atomic mass is 32.1. The number of nitrogen functional groups attached to an aromatic ring is 1. The van der Waals surface area contributed by atoms with Crippen molar-refractivity contribution in [3.05, 3.63) is 45.9 Å². The molecule has 1 heterocycles. The summed E-state index contributed by atoms with van der Waals surface area (Å²) >= 11 is 1.81. The average Bonchev–Trinajstić information content (AvgIpc) is 2.94. The Morgan fingerprint density at radius 1 is 1.30 bits per heavy atom. The van der Waals surface area contributed by atoms with Crippen LogP contribution >= 0.6 is 11.3 Å². The lowest BCUT2D eigenvalue weighted by Gasteiger charge is -2.11. The van der Waals surface area contributed by atoms with Crippen LogP contribution in [0.25, 0.3) is 0 Å². The molecule has 0 amide bonds. The van der Waals surface area contributed by atoms with Gasteiger partial charge in [0.25, 0.3) is 0 Å². The van der Waals surface area contributed by atoms with E-state index in [1.165, 1.54) is 15.4 Å². The van der Waals surface area contributed by atoms with Gasteiger partial charge in [0.1, 0.15) is 5.01 Å². The smallest absolute Gasteiger partial charge is 0.109 e. The maximum Gasteiger partial charge on any atom is 0.109 e. The van der Waals surface area contributed by atoms with E-state index in [4.69, 9.17) is 5.73 Å². The Hall–Kier alpha value is -1.39. The number of aromatic nitrogens is 1. The van der Waals surface area contributed by atoms with Gasteiger partial charge in [-0.25, -0.2) is 4.98 Å². The zero-order valence-electron chi connectivity index (χ0n) is 12.2. The van der Waals surface area contributed by atoms with Crippen molar-refractivity contribution in [3.63, 3.8) is 0 Å². The molecular formula is C16H23N3S. The zero-order chi connectivity index (χ0) is 14.4. The van der Waals surface area contributed by atoms with Gasteiger partial charge >= 0.3 is 0 Å². The van der Waals surface area contributed by atoms with Crippen molar-refractivity contribution in [1.82, 2.24) is 10.3 Å². The highest BCUT2D eigenvalue weighted by Crippen LogP contribution is 2.20. The Kier molecular flexibility index (Phi) is 5.56. The van der Waals surface area contributed by atoms with Crippen molar-refractivity contribution < 1.29 is 0 Å². The van der Waals surface area contributed by atoms with Crippen LogP contribution in [-0.4, -0.2) is 11.5 Å². The van der Waals surface area contributed by atoms with E-state index < -0.39 is 0 Å². The quantitative estimate of drug-likeness (QED) is 0.605. The molecule has 20 heavy (non-hydrogen) atoms. The Labute approximate surface area is 125 Å². The van der Waals surface area contributed by atoms with E-state index in [0.29, 0.717) is 6.04 Å². The van der Waals surface area contributed by atoms with Gasteiger partial charge in [-0.3, -0.25) is 0 Å². The molecule has 0 aliphatic rings. The van der Waals surface area contributed by atoms with E-state index in [0.717, 1.165) is 31.5 Å². The first-order valence-corrected chi connectivity index (χ1v) is 8.03. The molecule has 3 nitrogen and oxygen atoms in total. The molecule has 0 bridgehead atoms. The minimum absolute atomic E-state index is 0.340. The number of rotatable bonds is 7. The van der Waals surface area contributed by atoms with E-state index in [1.54, 1.807) is 0 Å². The molecule has 0 fully saturated rings. The molecule has 1 atom stereocenters. The Morgan fingerprint density at radius 3 is 2.70 bits per heavy atom. The van der Waals surface area contributed by atoms with Crippen molar-refractivity contribution in [1.29, 1.82) is 0 Å².